The molecule has 0 amide bonds. The van der Waals surface area contributed by atoms with Crippen molar-refractivity contribution in [1.82, 2.24) is 0 Å². The smallest absolute Gasteiger partial charge is 0.120 e. The third-order valence-electron chi connectivity index (χ3n) is 2.27. The Kier molecular flexibility index (Phi) is 3.72. The zero-order valence-corrected chi connectivity index (χ0v) is 8.53. The monoisotopic (exact) mass is 191 g/mol. The van der Waals surface area contributed by atoms with Crippen LogP contribution in [0.15, 0.2) is 30.9 Å². The lowest BCUT2D eigenvalue weighted by atomic mass is 10.0. The first kappa shape index (κ1) is 10.8. The molecule has 0 saturated heterocycles. The van der Waals surface area contributed by atoms with Gasteiger partial charge in [-0.15, -0.1) is 6.58 Å². The Labute approximate surface area is 85.1 Å². The van der Waals surface area contributed by atoms with Crippen LogP contribution in [0.2, 0.25) is 0 Å². The summed E-state index contributed by atoms with van der Waals surface area (Å²) < 4.78 is 0. The van der Waals surface area contributed by atoms with Gasteiger partial charge in [0.15, 0.2) is 0 Å². The van der Waals surface area contributed by atoms with Gasteiger partial charge in [-0.1, -0.05) is 18.2 Å². The van der Waals surface area contributed by atoms with Gasteiger partial charge in [-0.2, -0.15) is 0 Å². The minimum absolute atomic E-state index is 0.103. The Hall–Kier alpha value is -1.28. The molecule has 0 aliphatic carbocycles. The van der Waals surface area contributed by atoms with Gasteiger partial charge < -0.3 is 10.8 Å². The second-order valence-electron chi connectivity index (χ2n) is 3.53. The lowest BCUT2D eigenvalue weighted by molar-refractivity contribution is 0.458. The van der Waals surface area contributed by atoms with Crippen molar-refractivity contribution in [2.24, 2.45) is 5.73 Å². The first-order chi connectivity index (χ1) is 6.65. The van der Waals surface area contributed by atoms with Gasteiger partial charge in [0.05, 0.1) is 0 Å². The number of phenolic OH excluding ortho intramolecular Hbond substituents is 1. The Morgan fingerprint density at radius 3 is 2.86 bits per heavy atom. The largest absolute Gasteiger partial charge is 0.508 e. The van der Waals surface area contributed by atoms with E-state index in [1.165, 1.54) is 0 Å². The van der Waals surface area contributed by atoms with Gasteiger partial charge in [0.2, 0.25) is 0 Å². The molecule has 1 rings (SSSR count). The zero-order chi connectivity index (χ0) is 10.6. The molecule has 0 fully saturated rings. The highest BCUT2D eigenvalue weighted by Gasteiger charge is 2.09. The Balaban J connectivity index is 2.78. The molecular formula is C12H17NO. The van der Waals surface area contributed by atoms with Crippen LogP contribution in [-0.4, -0.2) is 5.11 Å². The standard InChI is InChI=1S/C12H17NO/c1-3-4-5-11(13)10-7-6-9(2)8-12(10)14/h3,6-8,11,14H,1,4-5,13H2,2H3/t11-/m1/s1. The van der Waals surface area contributed by atoms with E-state index in [-0.39, 0.29) is 6.04 Å². The van der Waals surface area contributed by atoms with E-state index in [0.717, 1.165) is 24.0 Å². The number of hydrogen-bond donors (Lipinski definition) is 2. The molecule has 14 heavy (non-hydrogen) atoms. The molecule has 0 aliphatic rings. The second-order valence-corrected chi connectivity index (χ2v) is 3.53. The van der Waals surface area contributed by atoms with Crippen molar-refractivity contribution in [2.45, 2.75) is 25.8 Å². The summed E-state index contributed by atoms with van der Waals surface area (Å²) in [6.07, 6.45) is 3.53. The average molecular weight is 191 g/mol. The summed E-state index contributed by atoms with van der Waals surface area (Å²) in [7, 11) is 0. The van der Waals surface area contributed by atoms with E-state index in [4.69, 9.17) is 5.73 Å². The summed E-state index contributed by atoms with van der Waals surface area (Å²) in [5.41, 5.74) is 7.78. The van der Waals surface area contributed by atoms with Gasteiger partial charge in [0.1, 0.15) is 5.75 Å². The van der Waals surface area contributed by atoms with E-state index in [0.29, 0.717) is 5.75 Å². The van der Waals surface area contributed by atoms with Gasteiger partial charge in [-0.05, 0) is 31.4 Å². The molecule has 0 spiro atoms. The molecule has 1 aromatic rings. The lowest BCUT2D eigenvalue weighted by Crippen LogP contribution is -2.09. The highest BCUT2D eigenvalue weighted by Crippen LogP contribution is 2.26. The van der Waals surface area contributed by atoms with Crippen molar-refractivity contribution in [3.63, 3.8) is 0 Å². The van der Waals surface area contributed by atoms with Crippen LogP contribution in [0.4, 0.5) is 0 Å². The van der Waals surface area contributed by atoms with E-state index >= 15 is 0 Å². The number of allylic oxidation sites excluding steroid dienone is 1. The lowest BCUT2D eigenvalue weighted by Gasteiger charge is -2.12. The summed E-state index contributed by atoms with van der Waals surface area (Å²) in [6.45, 7) is 5.59. The average Bonchev–Trinajstić information content (AvgIpc) is 2.14. The molecule has 0 saturated carbocycles. The number of hydrogen-bond acceptors (Lipinski definition) is 2. The molecule has 2 heteroatoms. The van der Waals surface area contributed by atoms with Crippen LogP contribution in [-0.2, 0) is 0 Å². The number of rotatable bonds is 4. The Morgan fingerprint density at radius 2 is 2.29 bits per heavy atom. The maximum atomic E-state index is 9.66. The van der Waals surface area contributed by atoms with Gasteiger partial charge >= 0.3 is 0 Å². The summed E-state index contributed by atoms with van der Waals surface area (Å²) in [6, 6.07) is 5.48. The number of aryl methyl sites for hydroxylation is 1. The van der Waals surface area contributed by atoms with Crippen molar-refractivity contribution in [3.05, 3.63) is 42.0 Å². The van der Waals surface area contributed by atoms with Crippen LogP contribution < -0.4 is 5.73 Å². The molecule has 1 atom stereocenters. The summed E-state index contributed by atoms with van der Waals surface area (Å²) in [5, 5.41) is 9.66. The van der Waals surface area contributed by atoms with Crippen LogP contribution in [0.3, 0.4) is 0 Å². The molecule has 0 heterocycles. The first-order valence-corrected chi connectivity index (χ1v) is 4.81. The third-order valence-corrected chi connectivity index (χ3v) is 2.27. The van der Waals surface area contributed by atoms with Crippen molar-refractivity contribution in [2.75, 3.05) is 0 Å². The summed E-state index contributed by atoms with van der Waals surface area (Å²) in [5.74, 6) is 0.293. The number of nitrogens with two attached hydrogens (primary N) is 1. The second kappa shape index (κ2) is 4.82. The van der Waals surface area contributed by atoms with Gasteiger partial charge in [0.25, 0.3) is 0 Å². The van der Waals surface area contributed by atoms with E-state index < -0.39 is 0 Å². The van der Waals surface area contributed by atoms with Crippen LogP contribution >= 0.6 is 0 Å². The molecule has 0 aliphatic heterocycles. The number of phenols is 1. The van der Waals surface area contributed by atoms with E-state index in [1.54, 1.807) is 6.07 Å². The fourth-order valence-electron chi connectivity index (χ4n) is 1.42. The summed E-state index contributed by atoms with van der Waals surface area (Å²) in [4.78, 5) is 0. The number of aromatic hydroxyl groups is 1. The highest BCUT2D eigenvalue weighted by atomic mass is 16.3. The quantitative estimate of drug-likeness (QED) is 0.719. The maximum absolute atomic E-state index is 9.66. The molecule has 0 radical (unpaired) electrons. The first-order valence-electron chi connectivity index (χ1n) is 4.81. The van der Waals surface area contributed by atoms with Crippen molar-refractivity contribution in [1.29, 1.82) is 0 Å². The van der Waals surface area contributed by atoms with Crippen LogP contribution in [0, 0.1) is 6.92 Å². The molecule has 0 unspecified atom stereocenters. The minimum atomic E-state index is -0.103. The molecule has 2 nitrogen and oxygen atoms in total. The van der Waals surface area contributed by atoms with Gasteiger partial charge in [-0.25, -0.2) is 0 Å². The molecule has 76 valence electrons. The molecule has 0 aromatic heterocycles. The molecule has 0 bridgehead atoms. The Bertz CT molecular complexity index is 320. The van der Waals surface area contributed by atoms with E-state index in [9.17, 15) is 5.11 Å². The fourth-order valence-corrected chi connectivity index (χ4v) is 1.42. The predicted octanol–water partition coefficient (Wildman–Crippen LogP) is 2.67. The van der Waals surface area contributed by atoms with Crippen LogP contribution in [0.5, 0.6) is 5.75 Å². The SMILES string of the molecule is C=CCC[C@@H](N)c1ccc(C)cc1O. The van der Waals surface area contributed by atoms with Crippen molar-refractivity contribution >= 4 is 0 Å². The van der Waals surface area contributed by atoms with Crippen LogP contribution in [0.1, 0.15) is 30.0 Å². The Morgan fingerprint density at radius 1 is 1.57 bits per heavy atom. The molecule has 3 N–H and O–H groups in total. The van der Waals surface area contributed by atoms with E-state index in [1.807, 2.05) is 25.1 Å². The number of benzene rings is 1. The van der Waals surface area contributed by atoms with E-state index in [2.05, 4.69) is 6.58 Å². The van der Waals surface area contributed by atoms with Crippen LogP contribution in [0.25, 0.3) is 0 Å². The predicted molar refractivity (Wildman–Crippen MR) is 59.2 cm³/mol. The van der Waals surface area contributed by atoms with Crippen molar-refractivity contribution < 1.29 is 5.11 Å². The third kappa shape index (κ3) is 2.60. The fraction of sp³-hybridized carbons (Fsp3) is 0.333. The minimum Gasteiger partial charge on any atom is -0.508 e. The molecule has 1 aromatic carbocycles. The van der Waals surface area contributed by atoms with Crippen molar-refractivity contribution in [3.8, 4) is 5.75 Å². The normalized spacial score (nSPS) is 12.4. The topological polar surface area (TPSA) is 46.2 Å². The highest BCUT2D eigenvalue weighted by molar-refractivity contribution is 5.37. The van der Waals surface area contributed by atoms with Gasteiger partial charge in [0, 0.05) is 11.6 Å². The molecular weight excluding hydrogens is 174 g/mol. The van der Waals surface area contributed by atoms with Gasteiger partial charge in [-0.3, -0.25) is 0 Å². The summed E-state index contributed by atoms with van der Waals surface area (Å²) >= 11 is 0. The maximum Gasteiger partial charge on any atom is 0.120 e. The zero-order valence-electron chi connectivity index (χ0n) is 8.53.